The van der Waals surface area contributed by atoms with E-state index in [-0.39, 0.29) is 11.8 Å². The molecule has 0 unspecified atom stereocenters. The highest BCUT2D eigenvalue weighted by atomic mass is 32.2. The van der Waals surface area contributed by atoms with Crippen molar-refractivity contribution in [2.75, 3.05) is 64.0 Å². The zero-order chi connectivity index (χ0) is 22.3. The normalized spacial score (nSPS) is 16.9. The smallest absolute Gasteiger partial charge is 0.236 e. The molecule has 0 aliphatic carbocycles. The number of carbonyl (C=O) groups is 2. The number of amides is 2. The van der Waals surface area contributed by atoms with Crippen LogP contribution < -0.4 is 10.1 Å². The van der Waals surface area contributed by atoms with Crippen LogP contribution in [0.3, 0.4) is 0 Å². The number of methoxy groups -OCH3 is 1. The lowest BCUT2D eigenvalue weighted by Crippen LogP contribution is -2.51. The van der Waals surface area contributed by atoms with Gasteiger partial charge in [0.15, 0.2) is 4.34 Å². The summed E-state index contributed by atoms with van der Waals surface area (Å²) >= 11 is 2.83. The van der Waals surface area contributed by atoms with Gasteiger partial charge in [0.2, 0.25) is 16.9 Å². The predicted molar refractivity (Wildman–Crippen MR) is 126 cm³/mol. The van der Waals surface area contributed by atoms with Crippen LogP contribution in [0, 0.1) is 0 Å². The summed E-state index contributed by atoms with van der Waals surface area (Å²) in [7, 11) is 1.63. The molecule has 2 saturated heterocycles. The second kappa shape index (κ2) is 11.0. The lowest BCUT2D eigenvalue weighted by Gasteiger charge is -2.35. The number of likely N-dealkylation sites (tertiary alicyclic amines) is 1. The van der Waals surface area contributed by atoms with Crippen LogP contribution in [0.25, 0.3) is 0 Å². The Bertz CT molecular complexity index is 909. The minimum absolute atomic E-state index is 0.0976. The summed E-state index contributed by atoms with van der Waals surface area (Å²) in [5, 5.41) is 12.2. The Morgan fingerprint density at radius 2 is 1.69 bits per heavy atom. The third kappa shape index (κ3) is 6.11. The highest BCUT2D eigenvalue weighted by Crippen LogP contribution is 2.28. The summed E-state index contributed by atoms with van der Waals surface area (Å²) in [6.45, 7) is 5.04. The van der Waals surface area contributed by atoms with Gasteiger partial charge in [-0.2, -0.15) is 0 Å². The lowest BCUT2D eigenvalue weighted by molar-refractivity contribution is -0.133. The Hall–Kier alpha value is -2.37. The quantitative estimate of drug-likeness (QED) is 0.580. The molecule has 1 aromatic carbocycles. The highest BCUT2D eigenvalue weighted by Gasteiger charge is 2.25. The maximum absolute atomic E-state index is 12.6. The molecule has 1 N–H and O–H groups in total. The fourth-order valence-electron chi connectivity index (χ4n) is 3.74. The Morgan fingerprint density at radius 1 is 1.00 bits per heavy atom. The minimum atomic E-state index is 0.0976. The molecule has 32 heavy (non-hydrogen) atoms. The number of nitrogens with zero attached hydrogens (tertiary/aromatic N) is 5. The maximum Gasteiger partial charge on any atom is 0.236 e. The summed E-state index contributed by atoms with van der Waals surface area (Å²) in [6.07, 6.45) is 2.22. The van der Waals surface area contributed by atoms with Gasteiger partial charge in [-0.1, -0.05) is 23.1 Å². The van der Waals surface area contributed by atoms with E-state index in [1.54, 1.807) is 7.11 Å². The summed E-state index contributed by atoms with van der Waals surface area (Å²) < 4.78 is 5.91. The van der Waals surface area contributed by atoms with Crippen molar-refractivity contribution in [1.29, 1.82) is 0 Å². The Morgan fingerprint density at radius 3 is 2.38 bits per heavy atom. The van der Waals surface area contributed by atoms with Gasteiger partial charge in [0, 0.05) is 45.0 Å². The number of thioether (sulfide) groups is 1. The number of anilines is 2. The first-order valence-corrected chi connectivity index (χ1v) is 12.6. The molecule has 0 saturated carbocycles. The van der Waals surface area contributed by atoms with E-state index in [4.69, 9.17) is 4.74 Å². The number of hydrogen-bond acceptors (Lipinski definition) is 9. The van der Waals surface area contributed by atoms with Gasteiger partial charge in [-0.25, -0.2) is 0 Å². The van der Waals surface area contributed by atoms with Gasteiger partial charge in [0.05, 0.1) is 19.4 Å². The summed E-state index contributed by atoms with van der Waals surface area (Å²) in [5.41, 5.74) is 0.899. The van der Waals surface area contributed by atoms with E-state index in [0.717, 1.165) is 54.8 Å². The molecule has 0 bridgehead atoms. The zero-order valence-corrected chi connectivity index (χ0v) is 19.8. The molecule has 3 heterocycles. The molecule has 0 radical (unpaired) electrons. The first kappa shape index (κ1) is 22.8. The SMILES string of the molecule is COc1ccc(Nc2nnc(SCC(=O)N3CCN(CC(=O)N4CCCC4)CC3)s2)cc1. The Labute approximate surface area is 196 Å². The zero-order valence-electron chi connectivity index (χ0n) is 18.2. The molecule has 2 aliphatic rings. The van der Waals surface area contributed by atoms with Gasteiger partial charge in [-0.3, -0.25) is 14.5 Å². The second-order valence-corrected chi connectivity index (χ2v) is 9.96. The van der Waals surface area contributed by atoms with Crippen molar-refractivity contribution in [2.45, 2.75) is 17.2 Å². The topological polar surface area (TPSA) is 90.9 Å². The Balaban J connectivity index is 1.18. The summed E-state index contributed by atoms with van der Waals surface area (Å²) in [6, 6.07) is 7.57. The van der Waals surface area contributed by atoms with Crippen LogP contribution in [0.5, 0.6) is 5.75 Å². The van der Waals surface area contributed by atoms with Crippen molar-refractivity contribution in [3.8, 4) is 5.75 Å². The predicted octanol–water partition coefficient (Wildman–Crippen LogP) is 2.15. The maximum atomic E-state index is 12.6. The number of nitrogens with one attached hydrogen (secondary N) is 1. The molecule has 0 atom stereocenters. The molecule has 4 rings (SSSR count). The van der Waals surface area contributed by atoms with E-state index >= 15 is 0 Å². The first-order valence-electron chi connectivity index (χ1n) is 10.8. The van der Waals surface area contributed by atoms with E-state index in [1.165, 1.54) is 23.1 Å². The highest BCUT2D eigenvalue weighted by molar-refractivity contribution is 8.01. The molecule has 2 aromatic rings. The average molecular weight is 477 g/mol. The first-order chi connectivity index (χ1) is 15.6. The average Bonchev–Trinajstić information content (AvgIpc) is 3.51. The molecule has 1 aromatic heterocycles. The third-order valence-corrected chi connectivity index (χ3v) is 7.57. The van der Waals surface area contributed by atoms with Crippen molar-refractivity contribution in [3.05, 3.63) is 24.3 Å². The van der Waals surface area contributed by atoms with E-state index in [9.17, 15) is 9.59 Å². The van der Waals surface area contributed by atoms with E-state index < -0.39 is 0 Å². The van der Waals surface area contributed by atoms with Gasteiger partial charge >= 0.3 is 0 Å². The number of piperazine rings is 1. The monoisotopic (exact) mass is 476 g/mol. The largest absolute Gasteiger partial charge is 0.497 e. The molecule has 2 amide bonds. The van der Waals surface area contributed by atoms with Gasteiger partial charge < -0.3 is 19.9 Å². The van der Waals surface area contributed by atoms with Gasteiger partial charge in [0.1, 0.15) is 5.75 Å². The van der Waals surface area contributed by atoms with Gasteiger partial charge in [-0.15, -0.1) is 10.2 Å². The number of benzene rings is 1. The molecule has 172 valence electrons. The van der Waals surface area contributed by atoms with Crippen molar-refractivity contribution in [1.82, 2.24) is 24.9 Å². The van der Waals surface area contributed by atoms with Crippen molar-refractivity contribution >= 4 is 45.7 Å². The summed E-state index contributed by atoms with van der Waals surface area (Å²) in [4.78, 5) is 30.9. The van der Waals surface area contributed by atoms with Crippen LogP contribution in [0.4, 0.5) is 10.8 Å². The van der Waals surface area contributed by atoms with Crippen molar-refractivity contribution in [2.24, 2.45) is 0 Å². The van der Waals surface area contributed by atoms with E-state index in [1.807, 2.05) is 34.1 Å². The van der Waals surface area contributed by atoms with Crippen LogP contribution in [-0.4, -0.2) is 95.4 Å². The number of hydrogen-bond donors (Lipinski definition) is 1. The van der Waals surface area contributed by atoms with Gasteiger partial charge in [0.25, 0.3) is 0 Å². The van der Waals surface area contributed by atoms with Crippen LogP contribution in [-0.2, 0) is 9.59 Å². The molecule has 11 heteroatoms. The number of carbonyl (C=O) groups excluding carboxylic acids is 2. The van der Waals surface area contributed by atoms with Crippen molar-refractivity contribution < 1.29 is 14.3 Å². The fourth-order valence-corrected chi connectivity index (χ4v) is 5.42. The fraction of sp³-hybridized carbons (Fsp3) is 0.524. The van der Waals surface area contributed by atoms with Crippen molar-refractivity contribution in [3.63, 3.8) is 0 Å². The molecule has 0 spiro atoms. The lowest BCUT2D eigenvalue weighted by atomic mass is 10.3. The third-order valence-electron chi connectivity index (χ3n) is 5.61. The molecule has 2 aliphatic heterocycles. The van der Waals surface area contributed by atoms with Gasteiger partial charge in [-0.05, 0) is 37.1 Å². The second-order valence-electron chi connectivity index (χ2n) is 7.76. The Kier molecular flexibility index (Phi) is 7.82. The number of ether oxygens (including phenoxy) is 1. The van der Waals surface area contributed by atoms with Crippen LogP contribution in [0.2, 0.25) is 0 Å². The number of aromatic nitrogens is 2. The molecule has 2 fully saturated rings. The molecular weight excluding hydrogens is 448 g/mol. The standard InChI is InChI=1S/C21H28N6O3S2/c1-30-17-6-4-16(5-7-17)22-20-23-24-21(32-20)31-15-19(29)27-12-10-25(11-13-27)14-18(28)26-8-2-3-9-26/h4-7H,2-3,8-15H2,1H3,(H,22,23). The molecular formula is C21H28N6O3S2. The van der Waals surface area contributed by atoms with E-state index in [0.29, 0.717) is 30.5 Å². The molecule has 9 nitrogen and oxygen atoms in total. The van der Waals surface area contributed by atoms with E-state index in [2.05, 4.69) is 20.4 Å². The minimum Gasteiger partial charge on any atom is -0.497 e. The number of rotatable bonds is 8. The van der Waals surface area contributed by atoms with Crippen LogP contribution in [0.1, 0.15) is 12.8 Å². The van der Waals surface area contributed by atoms with Crippen LogP contribution >= 0.6 is 23.1 Å². The summed E-state index contributed by atoms with van der Waals surface area (Å²) in [5.74, 6) is 1.44. The van der Waals surface area contributed by atoms with Crippen LogP contribution in [0.15, 0.2) is 28.6 Å².